The smallest absolute Gasteiger partial charge is 0.238 e. The van der Waals surface area contributed by atoms with Crippen molar-refractivity contribution in [1.82, 2.24) is 4.90 Å². The van der Waals surface area contributed by atoms with E-state index in [0.717, 1.165) is 18.0 Å². The van der Waals surface area contributed by atoms with Crippen molar-refractivity contribution in [2.45, 2.75) is 13.5 Å². The number of nitrogens with one attached hydrogen (secondary N) is 1. The van der Waals surface area contributed by atoms with Crippen LogP contribution in [-0.4, -0.2) is 31.5 Å². The van der Waals surface area contributed by atoms with E-state index in [9.17, 15) is 4.79 Å². The second-order valence-corrected chi connectivity index (χ2v) is 5.38. The Kier molecular flexibility index (Phi) is 5.55. The van der Waals surface area contributed by atoms with E-state index in [1.165, 1.54) is 11.1 Å². The van der Waals surface area contributed by atoms with E-state index in [0.29, 0.717) is 6.54 Å². The molecule has 2 aromatic rings. The van der Waals surface area contributed by atoms with Gasteiger partial charge >= 0.3 is 0 Å². The minimum atomic E-state index is -0.0377. The van der Waals surface area contributed by atoms with Crippen molar-refractivity contribution in [3.8, 4) is 5.75 Å². The Balaban J connectivity index is 1.90. The summed E-state index contributed by atoms with van der Waals surface area (Å²) in [5.74, 6) is 0.690. The first-order valence-electron chi connectivity index (χ1n) is 7.25. The molecule has 2 rings (SSSR count). The zero-order valence-electron chi connectivity index (χ0n) is 13.3. The van der Waals surface area contributed by atoms with E-state index in [-0.39, 0.29) is 5.91 Å². The summed E-state index contributed by atoms with van der Waals surface area (Å²) in [4.78, 5) is 14.1. The number of carbonyl (C=O) groups is 1. The molecule has 0 unspecified atom stereocenters. The number of ether oxygens (including phenoxy) is 1. The van der Waals surface area contributed by atoms with Crippen LogP contribution < -0.4 is 10.1 Å². The van der Waals surface area contributed by atoms with Crippen LogP contribution in [0.2, 0.25) is 0 Å². The van der Waals surface area contributed by atoms with Crippen LogP contribution in [0.25, 0.3) is 0 Å². The van der Waals surface area contributed by atoms with Gasteiger partial charge in [0.1, 0.15) is 5.75 Å². The maximum absolute atomic E-state index is 12.1. The molecule has 116 valence electrons. The summed E-state index contributed by atoms with van der Waals surface area (Å²) in [5.41, 5.74) is 3.22. The minimum absolute atomic E-state index is 0.0377. The molecule has 22 heavy (non-hydrogen) atoms. The lowest BCUT2D eigenvalue weighted by atomic mass is 10.1. The van der Waals surface area contributed by atoms with Crippen LogP contribution in [0.1, 0.15) is 11.1 Å². The Labute approximate surface area is 131 Å². The summed E-state index contributed by atoms with van der Waals surface area (Å²) in [7, 11) is 3.55. The van der Waals surface area contributed by atoms with Crippen molar-refractivity contribution in [3.05, 3.63) is 59.7 Å². The summed E-state index contributed by atoms with van der Waals surface area (Å²) in [5, 5.41) is 2.89. The quantitative estimate of drug-likeness (QED) is 0.891. The third kappa shape index (κ3) is 4.60. The van der Waals surface area contributed by atoms with Gasteiger partial charge in [0, 0.05) is 18.3 Å². The molecule has 0 spiro atoms. The molecule has 0 aliphatic heterocycles. The lowest BCUT2D eigenvalue weighted by molar-refractivity contribution is -0.117. The Hall–Kier alpha value is -2.33. The lowest BCUT2D eigenvalue weighted by Crippen LogP contribution is -2.30. The summed E-state index contributed by atoms with van der Waals surface area (Å²) < 4.78 is 5.15. The van der Waals surface area contributed by atoms with E-state index in [1.54, 1.807) is 13.2 Å². The van der Waals surface area contributed by atoms with Gasteiger partial charge in [-0.25, -0.2) is 0 Å². The van der Waals surface area contributed by atoms with E-state index < -0.39 is 0 Å². The molecule has 4 heteroatoms. The van der Waals surface area contributed by atoms with E-state index in [2.05, 4.69) is 24.4 Å². The van der Waals surface area contributed by atoms with Gasteiger partial charge in [0.05, 0.1) is 13.7 Å². The van der Waals surface area contributed by atoms with Gasteiger partial charge < -0.3 is 10.1 Å². The molecule has 0 bridgehead atoms. The van der Waals surface area contributed by atoms with Gasteiger partial charge in [-0.1, -0.05) is 30.3 Å². The maximum atomic E-state index is 12.1. The Morgan fingerprint density at radius 2 is 1.95 bits per heavy atom. The van der Waals surface area contributed by atoms with Crippen molar-refractivity contribution in [2.75, 3.05) is 26.0 Å². The molecule has 1 amide bonds. The van der Waals surface area contributed by atoms with Gasteiger partial charge in [0.15, 0.2) is 0 Å². The largest absolute Gasteiger partial charge is 0.497 e. The van der Waals surface area contributed by atoms with Crippen LogP contribution in [0.15, 0.2) is 48.5 Å². The highest BCUT2D eigenvalue weighted by atomic mass is 16.5. The number of carbonyl (C=O) groups excluding carboxylic acids is 1. The van der Waals surface area contributed by atoms with Crippen LogP contribution in [0.5, 0.6) is 5.75 Å². The molecular formula is C18H22N2O2. The second-order valence-electron chi connectivity index (χ2n) is 5.38. The molecule has 0 fully saturated rings. The molecule has 0 aliphatic carbocycles. The van der Waals surface area contributed by atoms with Gasteiger partial charge in [0.25, 0.3) is 0 Å². The highest BCUT2D eigenvalue weighted by molar-refractivity contribution is 5.92. The number of aryl methyl sites for hydroxylation is 1. The predicted octanol–water partition coefficient (Wildman–Crippen LogP) is 3.07. The molecule has 0 heterocycles. The van der Waals surface area contributed by atoms with E-state index >= 15 is 0 Å². The Bertz CT molecular complexity index is 640. The average molecular weight is 298 g/mol. The van der Waals surface area contributed by atoms with Gasteiger partial charge in [-0.15, -0.1) is 0 Å². The first-order chi connectivity index (χ1) is 10.6. The number of hydrogen-bond acceptors (Lipinski definition) is 3. The molecule has 0 aliphatic rings. The molecule has 0 saturated carbocycles. The fourth-order valence-corrected chi connectivity index (χ4v) is 2.28. The predicted molar refractivity (Wildman–Crippen MR) is 89.1 cm³/mol. The van der Waals surface area contributed by atoms with Crippen LogP contribution in [0.4, 0.5) is 5.69 Å². The number of likely N-dealkylation sites (N-methyl/N-ethyl adjacent to an activating group) is 1. The Morgan fingerprint density at radius 3 is 2.68 bits per heavy atom. The van der Waals surface area contributed by atoms with Crippen LogP contribution in [0, 0.1) is 6.92 Å². The first-order valence-corrected chi connectivity index (χ1v) is 7.25. The number of amides is 1. The minimum Gasteiger partial charge on any atom is -0.497 e. The zero-order valence-corrected chi connectivity index (χ0v) is 13.3. The number of rotatable bonds is 6. The highest BCUT2D eigenvalue weighted by Crippen LogP contribution is 2.16. The van der Waals surface area contributed by atoms with Crippen molar-refractivity contribution in [2.24, 2.45) is 0 Å². The molecule has 0 atom stereocenters. The third-order valence-electron chi connectivity index (χ3n) is 3.47. The monoisotopic (exact) mass is 298 g/mol. The van der Waals surface area contributed by atoms with Gasteiger partial charge in [0.2, 0.25) is 5.91 Å². The zero-order chi connectivity index (χ0) is 15.9. The Morgan fingerprint density at radius 1 is 1.18 bits per heavy atom. The van der Waals surface area contributed by atoms with Gasteiger partial charge in [-0.2, -0.15) is 0 Å². The summed E-state index contributed by atoms with van der Waals surface area (Å²) >= 11 is 0. The van der Waals surface area contributed by atoms with Crippen LogP contribution >= 0.6 is 0 Å². The number of benzene rings is 2. The fourth-order valence-electron chi connectivity index (χ4n) is 2.28. The number of anilines is 1. The normalized spacial score (nSPS) is 10.5. The van der Waals surface area contributed by atoms with Crippen molar-refractivity contribution >= 4 is 11.6 Å². The maximum Gasteiger partial charge on any atom is 0.238 e. The van der Waals surface area contributed by atoms with Crippen molar-refractivity contribution < 1.29 is 9.53 Å². The van der Waals surface area contributed by atoms with Crippen LogP contribution in [0.3, 0.4) is 0 Å². The molecule has 0 aromatic heterocycles. The highest BCUT2D eigenvalue weighted by Gasteiger charge is 2.09. The van der Waals surface area contributed by atoms with Gasteiger partial charge in [-0.05, 0) is 37.2 Å². The van der Waals surface area contributed by atoms with Crippen molar-refractivity contribution in [3.63, 3.8) is 0 Å². The molecule has 2 aromatic carbocycles. The summed E-state index contributed by atoms with van der Waals surface area (Å²) in [6.07, 6.45) is 0. The van der Waals surface area contributed by atoms with E-state index in [4.69, 9.17) is 4.74 Å². The lowest BCUT2D eigenvalue weighted by Gasteiger charge is -2.17. The summed E-state index contributed by atoms with van der Waals surface area (Å²) in [6.45, 7) is 3.17. The van der Waals surface area contributed by atoms with E-state index in [1.807, 2.05) is 42.3 Å². The number of nitrogens with zero attached hydrogens (tertiary/aromatic N) is 1. The molecular weight excluding hydrogens is 276 g/mol. The summed E-state index contributed by atoms with van der Waals surface area (Å²) in [6, 6.07) is 15.6. The molecule has 1 N–H and O–H groups in total. The van der Waals surface area contributed by atoms with Crippen molar-refractivity contribution in [1.29, 1.82) is 0 Å². The molecule has 4 nitrogen and oxygen atoms in total. The number of methoxy groups -OCH3 is 1. The number of hydrogen-bond donors (Lipinski definition) is 1. The third-order valence-corrected chi connectivity index (χ3v) is 3.47. The SMILES string of the molecule is COc1cccc(NC(=O)CN(C)Cc2ccccc2C)c1. The van der Waals surface area contributed by atoms with Crippen LogP contribution in [-0.2, 0) is 11.3 Å². The average Bonchev–Trinajstić information content (AvgIpc) is 2.49. The topological polar surface area (TPSA) is 41.6 Å². The fraction of sp³-hybridized carbons (Fsp3) is 0.278. The standard InChI is InChI=1S/C18H22N2O2/c1-14-7-4-5-8-15(14)12-20(2)13-18(21)19-16-9-6-10-17(11-16)22-3/h4-11H,12-13H2,1-3H3,(H,19,21). The molecule has 0 radical (unpaired) electrons. The first kappa shape index (κ1) is 16.0. The second kappa shape index (κ2) is 7.61. The van der Waals surface area contributed by atoms with Gasteiger partial charge in [-0.3, -0.25) is 9.69 Å². The molecule has 0 saturated heterocycles.